The summed E-state index contributed by atoms with van der Waals surface area (Å²) in [5, 5.41) is 9.41. The topological polar surface area (TPSA) is 66.6 Å². The van der Waals surface area contributed by atoms with Gasteiger partial charge in [-0.1, -0.05) is 0 Å². The van der Waals surface area contributed by atoms with E-state index in [-0.39, 0.29) is 12.0 Å². The van der Waals surface area contributed by atoms with E-state index in [9.17, 15) is 9.90 Å². The minimum atomic E-state index is -0.149. The molecule has 0 aromatic carbocycles. The number of aliphatic hydroxyl groups excluding tert-OH is 1. The molecule has 2 aliphatic rings. The summed E-state index contributed by atoms with van der Waals surface area (Å²) in [6.07, 6.45) is 4.04. The van der Waals surface area contributed by atoms with Gasteiger partial charge in [0, 0.05) is 19.0 Å². The molecule has 2 fully saturated rings. The Morgan fingerprint density at radius 3 is 2.53 bits per heavy atom. The predicted molar refractivity (Wildman–Crippen MR) is 57.1 cm³/mol. The number of nitrogens with zero attached hydrogens (tertiary/aromatic N) is 1. The molecule has 0 bridgehead atoms. The van der Waals surface area contributed by atoms with Crippen LogP contribution in [0.3, 0.4) is 0 Å². The van der Waals surface area contributed by atoms with Gasteiger partial charge in [-0.15, -0.1) is 0 Å². The molecule has 4 heteroatoms. The molecule has 2 rings (SSSR count). The third kappa shape index (κ3) is 2.32. The zero-order valence-electron chi connectivity index (χ0n) is 9.06. The Morgan fingerprint density at radius 2 is 2.00 bits per heavy atom. The SMILES string of the molecule is NCC1CC(=O)N(C2CCC(O)CC2)C1. The van der Waals surface area contributed by atoms with Crippen LogP contribution in [0.5, 0.6) is 0 Å². The molecule has 1 saturated heterocycles. The molecule has 0 aromatic heterocycles. The van der Waals surface area contributed by atoms with E-state index in [1.54, 1.807) is 0 Å². The van der Waals surface area contributed by atoms with Gasteiger partial charge in [-0.25, -0.2) is 0 Å². The van der Waals surface area contributed by atoms with Gasteiger partial charge in [0.15, 0.2) is 0 Å². The van der Waals surface area contributed by atoms with Gasteiger partial charge in [-0.2, -0.15) is 0 Å². The Kier molecular flexibility index (Phi) is 3.26. The van der Waals surface area contributed by atoms with Gasteiger partial charge in [-0.3, -0.25) is 4.79 Å². The molecule has 86 valence electrons. The van der Waals surface area contributed by atoms with Crippen LogP contribution in [0.15, 0.2) is 0 Å². The number of hydrogen-bond acceptors (Lipinski definition) is 3. The summed E-state index contributed by atoms with van der Waals surface area (Å²) in [4.78, 5) is 13.7. The molecule has 1 saturated carbocycles. The highest BCUT2D eigenvalue weighted by Gasteiger charge is 2.35. The molecule has 0 radical (unpaired) electrons. The fourth-order valence-corrected chi connectivity index (χ4v) is 2.69. The molecule has 1 unspecified atom stereocenters. The highest BCUT2D eigenvalue weighted by molar-refractivity contribution is 5.79. The van der Waals surface area contributed by atoms with Crippen molar-refractivity contribution >= 4 is 5.91 Å². The number of hydrogen-bond donors (Lipinski definition) is 2. The van der Waals surface area contributed by atoms with E-state index >= 15 is 0 Å². The zero-order chi connectivity index (χ0) is 10.8. The molecule has 4 nitrogen and oxygen atoms in total. The van der Waals surface area contributed by atoms with Gasteiger partial charge in [0.05, 0.1) is 6.10 Å². The minimum absolute atomic E-state index is 0.149. The summed E-state index contributed by atoms with van der Waals surface area (Å²) in [7, 11) is 0. The summed E-state index contributed by atoms with van der Waals surface area (Å²) >= 11 is 0. The van der Waals surface area contributed by atoms with E-state index in [1.165, 1.54) is 0 Å². The van der Waals surface area contributed by atoms with Gasteiger partial charge < -0.3 is 15.7 Å². The van der Waals surface area contributed by atoms with Crippen LogP contribution in [0.1, 0.15) is 32.1 Å². The summed E-state index contributed by atoms with van der Waals surface area (Å²) in [5.41, 5.74) is 5.59. The second-order valence-corrected chi connectivity index (χ2v) is 4.81. The highest BCUT2D eigenvalue weighted by atomic mass is 16.3. The highest BCUT2D eigenvalue weighted by Crippen LogP contribution is 2.28. The second kappa shape index (κ2) is 4.49. The molecule has 1 aliphatic heterocycles. The van der Waals surface area contributed by atoms with Crippen LogP contribution >= 0.6 is 0 Å². The average molecular weight is 212 g/mol. The van der Waals surface area contributed by atoms with E-state index in [4.69, 9.17) is 5.73 Å². The van der Waals surface area contributed by atoms with E-state index in [0.29, 0.717) is 24.9 Å². The summed E-state index contributed by atoms with van der Waals surface area (Å²) < 4.78 is 0. The lowest BCUT2D eigenvalue weighted by Gasteiger charge is -2.33. The fraction of sp³-hybridized carbons (Fsp3) is 0.909. The maximum Gasteiger partial charge on any atom is 0.223 e. The number of likely N-dealkylation sites (tertiary alicyclic amines) is 1. The number of aliphatic hydroxyl groups is 1. The van der Waals surface area contributed by atoms with Crippen molar-refractivity contribution in [1.82, 2.24) is 4.90 Å². The van der Waals surface area contributed by atoms with Gasteiger partial charge in [-0.05, 0) is 38.1 Å². The van der Waals surface area contributed by atoms with Crippen LogP contribution in [0, 0.1) is 5.92 Å². The maximum atomic E-state index is 11.7. The first-order valence-electron chi connectivity index (χ1n) is 5.88. The molecule has 15 heavy (non-hydrogen) atoms. The van der Waals surface area contributed by atoms with Crippen LogP contribution < -0.4 is 5.73 Å². The molecule has 0 spiro atoms. The predicted octanol–water partition coefficient (Wildman–Crippen LogP) is 0.0971. The Bertz CT molecular complexity index is 237. The van der Waals surface area contributed by atoms with Crippen molar-refractivity contribution in [3.05, 3.63) is 0 Å². The molecule has 0 aromatic rings. The average Bonchev–Trinajstić information content (AvgIpc) is 2.61. The van der Waals surface area contributed by atoms with Crippen LogP contribution in [-0.2, 0) is 4.79 Å². The van der Waals surface area contributed by atoms with Gasteiger partial charge >= 0.3 is 0 Å². The van der Waals surface area contributed by atoms with E-state index in [1.807, 2.05) is 4.90 Å². The Hall–Kier alpha value is -0.610. The van der Waals surface area contributed by atoms with Crippen molar-refractivity contribution in [2.45, 2.75) is 44.2 Å². The first-order valence-corrected chi connectivity index (χ1v) is 5.88. The van der Waals surface area contributed by atoms with E-state index in [0.717, 1.165) is 32.2 Å². The van der Waals surface area contributed by atoms with Crippen molar-refractivity contribution in [2.24, 2.45) is 11.7 Å². The van der Waals surface area contributed by atoms with Crippen LogP contribution in [-0.4, -0.2) is 41.1 Å². The van der Waals surface area contributed by atoms with Gasteiger partial charge in [0.25, 0.3) is 0 Å². The molecule has 1 atom stereocenters. The quantitative estimate of drug-likeness (QED) is 0.682. The van der Waals surface area contributed by atoms with Crippen LogP contribution in [0.2, 0.25) is 0 Å². The smallest absolute Gasteiger partial charge is 0.223 e. The first-order chi connectivity index (χ1) is 7.20. The normalized spacial score (nSPS) is 37.3. The van der Waals surface area contributed by atoms with Crippen LogP contribution in [0.25, 0.3) is 0 Å². The van der Waals surface area contributed by atoms with Crippen molar-refractivity contribution in [1.29, 1.82) is 0 Å². The number of rotatable bonds is 2. The number of carbonyl (C=O) groups is 1. The summed E-state index contributed by atoms with van der Waals surface area (Å²) in [6.45, 7) is 1.44. The van der Waals surface area contributed by atoms with Crippen molar-refractivity contribution in [3.63, 3.8) is 0 Å². The lowest BCUT2D eigenvalue weighted by Crippen LogP contribution is -2.40. The largest absolute Gasteiger partial charge is 0.393 e. The molecule has 1 aliphatic carbocycles. The summed E-state index contributed by atoms with van der Waals surface area (Å²) in [6, 6.07) is 0.359. The lowest BCUT2D eigenvalue weighted by molar-refractivity contribution is -0.130. The third-order valence-electron chi connectivity index (χ3n) is 3.68. The van der Waals surface area contributed by atoms with Crippen molar-refractivity contribution < 1.29 is 9.90 Å². The molecular weight excluding hydrogens is 192 g/mol. The zero-order valence-corrected chi connectivity index (χ0v) is 9.06. The molecule has 1 amide bonds. The lowest BCUT2D eigenvalue weighted by atomic mass is 9.92. The molecular formula is C11H20N2O2. The molecule has 1 heterocycles. The van der Waals surface area contributed by atoms with Crippen molar-refractivity contribution in [3.8, 4) is 0 Å². The Balaban J connectivity index is 1.91. The first kappa shape index (κ1) is 10.9. The number of carbonyl (C=O) groups excluding carboxylic acids is 1. The fourth-order valence-electron chi connectivity index (χ4n) is 2.69. The van der Waals surface area contributed by atoms with Crippen molar-refractivity contribution in [2.75, 3.05) is 13.1 Å². The van der Waals surface area contributed by atoms with Gasteiger partial charge in [0.2, 0.25) is 5.91 Å². The third-order valence-corrected chi connectivity index (χ3v) is 3.68. The van der Waals surface area contributed by atoms with E-state index in [2.05, 4.69) is 0 Å². The number of nitrogens with two attached hydrogens (primary N) is 1. The maximum absolute atomic E-state index is 11.7. The standard InChI is InChI=1S/C11H20N2O2/c12-6-8-5-11(15)13(7-8)9-1-3-10(14)4-2-9/h8-10,14H,1-7,12H2. The second-order valence-electron chi connectivity index (χ2n) is 4.81. The minimum Gasteiger partial charge on any atom is -0.393 e. The Morgan fingerprint density at radius 1 is 1.33 bits per heavy atom. The van der Waals surface area contributed by atoms with Crippen LogP contribution in [0.4, 0.5) is 0 Å². The number of amides is 1. The molecule has 3 N–H and O–H groups in total. The Labute approximate surface area is 90.4 Å². The van der Waals surface area contributed by atoms with E-state index < -0.39 is 0 Å². The van der Waals surface area contributed by atoms with Gasteiger partial charge in [0.1, 0.15) is 0 Å². The summed E-state index contributed by atoms with van der Waals surface area (Å²) in [5.74, 6) is 0.608. The monoisotopic (exact) mass is 212 g/mol.